The van der Waals surface area contributed by atoms with Gasteiger partial charge < -0.3 is 5.32 Å². The van der Waals surface area contributed by atoms with Crippen molar-refractivity contribution in [3.05, 3.63) is 24.4 Å². The monoisotopic (exact) mass is 212 g/mol. The number of aromatic nitrogens is 1. The Balaban J connectivity index is 2.48. The zero-order valence-corrected chi connectivity index (χ0v) is 9.46. The second-order valence-electron chi connectivity index (χ2n) is 3.84. The van der Waals surface area contributed by atoms with E-state index in [9.17, 15) is 0 Å². The average Bonchev–Trinajstić information content (AvgIpc) is 2.17. The van der Waals surface area contributed by atoms with Crippen molar-refractivity contribution in [1.82, 2.24) is 4.98 Å². The smallest absolute Gasteiger partial charge is 0.126 e. The van der Waals surface area contributed by atoms with Crippen molar-refractivity contribution in [1.29, 1.82) is 0 Å². The Morgan fingerprint density at radius 3 is 2.71 bits per heavy atom. The van der Waals surface area contributed by atoms with Gasteiger partial charge in [-0.3, -0.25) is 0 Å². The average molecular weight is 213 g/mol. The molecule has 1 heterocycles. The number of anilines is 1. The molecular weight excluding hydrogens is 196 g/mol. The molecule has 0 amide bonds. The maximum Gasteiger partial charge on any atom is 0.126 e. The molecule has 2 nitrogen and oxygen atoms in total. The Morgan fingerprint density at radius 2 is 2.21 bits per heavy atom. The first-order valence-electron chi connectivity index (χ1n) is 4.96. The van der Waals surface area contributed by atoms with E-state index in [1.54, 1.807) is 6.20 Å². The highest BCUT2D eigenvalue weighted by Crippen LogP contribution is 2.11. The number of hydrogen-bond donors (Lipinski definition) is 1. The maximum absolute atomic E-state index is 5.87. The lowest BCUT2D eigenvalue weighted by Crippen LogP contribution is -2.23. The van der Waals surface area contributed by atoms with Gasteiger partial charge in [0.25, 0.3) is 0 Å². The number of alkyl halides is 1. The second-order valence-corrected chi connectivity index (χ2v) is 4.15. The summed E-state index contributed by atoms with van der Waals surface area (Å²) < 4.78 is 0. The number of halogens is 1. The van der Waals surface area contributed by atoms with Crippen LogP contribution in [0.15, 0.2) is 24.4 Å². The maximum atomic E-state index is 5.87. The van der Waals surface area contributed by atoms with Gasteiger partial charge in [0.05, 0.1) is 0 Å². The first-order chi connectivity index (χ1) is 6.72. The van der Waals surface area contributed by atoms with Gasteiger partial charge in [-0.05, 0) is 24.5 Å². The highest BCUT2D eigenvalue weighted by molar-refractivity contribution is 6.18. The minimum absolute atomic E-state index is 0.312. The molecule has 0 bridgehead atoms. The van der Waals surface area contributed by atoms with Crippen molar-refractivity contribution in [3.8, 4) is 0 Å². The molecule has 78 valence electrons. The molecule has 0 saturated heterocycles. The Kier molecular flexibility index (Phi) is 4.74. The standard InChI is InChI=1S/C11H17ClN2/c1-9(2)7-10(8-12)14-11-5-3-4-6-13-11/h3-6,9-10H,7-8H2,1-2H3,(H,13,14). The van der Waals surface area contributed by atoms with Gasteiger partial charge in [-0.25, -0.2) is 4.98 Å². The van der Waals surface area contributed by atoms with Crippen LogP contribution in [0.5, 0.6) is 0 Å². The van der Waals surface area contributed by atoms with Crippen molar-refractivity contribution in [3.63, 3.8) is 0 Å². The van der Waals surface area contributed by atoms with Crippen LogP contribution in [0.2, 0.25) is 0 Å². The first kappa shape index (κ1) is 11.3. The van der Waals surface area contributed by atoms with Gasteiger partial charge in [-0.1, -0.05) is 19.9 Å². The van der Waals surface area contributed by atoms with Crippen molar-refractivity contribution in [2.75, 3.05) is 11.2 Å². The number of pyridine rings is 1. The van der Waals surface area contributed by atoms with E-state index in [0.29, 0.717) is 17.8 Å². The summed E-state index contributed by atoms with van der Waals surface area (Å²) in [6, 6.07) is 6.14. The molecule has 0 aliphatic carbocycles. The topological polar surface area (TPSA) is 24.9 Å². The molecule has 1 N–H and O–H groups in total. The van der Waals surface area contributed by atoms with Crippen LogP contribution in [-0.2, 0) is 0 Å². The van der Waals surface area contributed by atoms with E-state index in [2.05, 4.69) is 24.1 Å². The Hall–Kier alpha value is -0.760. The molecule has 0 aliphatic heterocycles. The summed E-state index contributed by atoms with van der Waals surface area (Å²) >= 11 is 5.87. The minimum Gasteiger partial charge on any atom is -0.366 e. The highest BCUT2D eigenvalue weighted by atomic mass is 35.5. The zero-order valence-electron chi connectivity index (χ0n) is 8.70. The van der Waals surface area contributed by atoms with E-state index < -0.39 is 0 Å². The fraction of sp³-hybridized carbons (Fsp3) is 0.545. The van der Waals surface area contributed by atoms with Crippen molar-refractivity contribution < 1.29 is 0 Å². The number of nitrogens with one attached hydrogen (secondary N) is 1. The summed E-state index contributed by atoms with van der Waals surface area (Å²) in [4.78, 5) is 4.20. The molecule has 0 fully saturated rings. The fourth-order valence-corrected chi connectivity index (χ4v) is 1.59. The van der Waals surface area contributed by atoms with E-state index in [1.165, 1.54) is 0 Å². The minimum atomic E-state index is 0.312. The SMILES string of the molecule is CC(C)CC(CCl)Nc1ccccn1. The van der Waals surface area contributed by atoms with Crippen LogP contribution in [0.25, 0.3) is 0 Å². The van der Waals surface area contributed by atoms with E-state index >= 15 is 0 Å². The molecule has 1 rings (SSSR count). The van der Waals surface area contributed by atoms with Crippen LogP contribution in [0.1, 0.15) is 20.3 Å². The van der Waals surface area contributed by atoms with Crippen LogP contribution < -0.4 is 5.32 Å². The van der Waals surface area contributed by atoms with Crippen LogP contribution in [0, 0.1) is 5.92 Å². The first-order valence-corrected chi connectivity index (χ1v) is 5.49. The van der Waals surface area contributed by atoms with E-state index in [4.69, 9.17) is 11.6 Å². The number of rotatable bonds is 5. The van der Waals surface area contributed by atoms with Gasteiger partial charge in [0.1, 0.15) is 5.82 Å². The molecule has 0 aliphatic rings. The van der Waals surface area contributed by atoms with Crippen molar-refractivity contribution in [2.45, 2.75) is 26.3 Å². The number of hydrogen-bond acceptors (Lipinski definition) is 2. The lowest BCUT2D eigenvalue weighted by Gasteiger charge is -2.18. The third-order valence-electron chi connectivity index (χ3n) is 1.96. The summed E-state index contributed by atoms with van der Waals surface area (Å²) in [5, 5.41) is 3.32. The Labute approximate surface area is 90.7 Å². The van der Waals surface area contributed by atoms with Crippen molar-refractivity contribution in [2.24, 2.45) is 5.92 Å². The van der Waals surface area contributed by atoms with E-state index in [0.717, 1.165) is 12.2 Å². The predicted octanol–water partition coefficient (Wildman–Crippen LogP) is 3.15. The van der Waals surface area contributed by atoms with Gasteiger partial charge in [-0.2, -0.15) is 0 Å². The van der Waals surface area contributed by atoms with Crippen LogP contribution in [0.4, 0.5) is 5.82 Å². The molecule has 14 heavy (non-hydrogen) atoms. The van der Waals surface area contributed by atoms with E-state index in [-0.39, 0.29) is 0 Å². The fourth-order valence-electron chi connectivity index (χ4n) is 1.39. The van der Waals surface area contributed by atoms with Gasteiger partial charge in [-0.15, -0.1) is 11.6 Å². The van der Waals surface area contributed by atoms with Crippen molar-refractivity contribution >= 4 is 17.4 Å². The van der Waals surface area contributed by atoms with Gasteiger partial charge in [0.2, 0.25) is 0 Å². The molecule has 3 heteroatoms. The summed E-state index contributed by atoms with van der Waals surface area (Å²) in [5.41, 5.74) is 0. The lowest BCUT2D eigenvalue weighted by atomic mass is 10.1. The van der Waals surface area contributed by atoms with Crippen LogP contribution in [-0.4, -0.2) is 16.9 Å². The normalized spacial score (nSPS) is 12.9. The van der Waals surface area contributed by atoms with Gasteiger partial charge >= 0.3 is 0 Å². The molecule has 1 unspecified atom stereocenters. The van der Waals surface area contributed by atoms with Gasteiger partial charge in [0, 0.05) is 18.1 Å². The second kappa shape index (κ2) is 5.86. The lowest BCUT2D eigenvalue weighted by molar-refractivity contribution is 0.541. The molecule has 1 aromatic rings. The third-order valence-corrected chi connectivity index (χ3v) is 2.33. The molecule has 0 radical (unpaired) electrons. The zero-order chi connectivity index (χ0) is 10.4. The molecular formula is C11H17ClN2. The molecule has 1 aromatic heterocycles. The predicted molar refractivity (Wildman–Crippen MR) is 61.8 cm³/mol. The van der Waals surface area contributed by atoms with Gasteiger partial charge in [0.15, 0.2) is 0 Å². The van der Waals surface area contributed by atoms with Crippen LogP contribution >= 0.6 is 11.6 Å². The van der Waals surface area contributed by atoms with E-state index in [1.807, 2.05) is 18.2 Å². The summed E-state index contributed by atoms with van der Waals surface area (Å²) in [6.07, 6.45) is 2.85. The Morgan fingerprint density at radius 1 is 1.43 bits per heavy atom. The summed E-state index contributed by atoms with van der Waals surface area (Å²) in [6.45, 7) is 4.39. The molecule has 0 spiro atoms. The van der Waals surface area contributed by atoms with Crippen LogP contribution in [0.3, 0.4) is 0 Å². The largest absolute Gasteiger partial charge is 0.366 e. The molecule has 0 aromatic carbocycles. The third kappa shape index (κ3) is 3.97. The quantitative estimate of drug-likeness (QED) is 0.759. The molecule has 1 atom stereocenters. The molecule has 0 saturated carbocycles. The summed E-state index contributed by atoms with van der Waals surface area (Å²) in [5.74, 6) is 2.17. The number of nitrogens with zero attached hydrogens (tertiary/aromatic N) is 1. The Bertz CT molecular complexity index is 249. The highest BCUT2D eigenvalue weighted by Gasteiger charge is 2.09. The summed E-state index contributed by atoms with van der Waals surface area (Å²) in [7, 11) is 0.